The van der Waals surface area contributed by atoms with E-state index < -0.39 is 0 Å². The topological polar surface area (TPSA) is 44.1 Å². The number of benzene rings is 1. The molecule has 0 N–H and O–H groups in total. The second-order valence-corrected chi connectivity index (χ2v) is 5.63. The summed E-state index contributed by atoms with van der Waals surface area (Å²) in [5.74, 6) is -0.0905. The fourth-order valence-corrected chi connectivity index (χ4v) is 2.95. The molecule has 1 aromatic carbocycles. The maximum Gasteiger partial charge on any atom is 0.255 e. The van der Waals surface area contributed by atoms with E-state index in [4.69, 9.17) is 16.9 Å². The van der Waals surface area contributed by atoms with Crippen LogP contribution in [0.5, 0.6) is 0 Å². The molecule has 0 radical (unpaired) electrons. The Kier molecular flexibility index (Phi) is 4.26. The quantitative estimate of drug-likeness (QED) is 0.792. The van der Waals surface area contributed by atoms with Crippen molar-refractivity contribution >= 4 is 33.4 Å². The molecule has 1 atom stereocenters. The Balaban J connectivity index is 2.18. The number of likely N-dealkylation sites (tertiary alicyclic amines) is 1. The maximum atomic E-state index is 12.3. The minimum atomic E-state index is -0.0474. The number of piperidine rings is 1. The fraction of sp³-hybridized carbons (Fsp3) is 0.385. The highest BCUT2D eigenvalue weighted by Crippen LogP contribution is 2.25. The maximum absolute atomic E-state index is 12.3. The number of hydrogen-bond donors (Lipinski definition) is 0. The van der Waals surface area contributed by atoms with E-state index >= 15 is 0 Å². The van der Waals surface area contributed by atoms with Gasteiger partial charge in [-0.3, -0.25) is 4.79 Å². The van der Waals surface area contributed by atoms with Gasteiger partial charge >= 0.3 is 0 Å². The van der Waals surface area contributed by atoms with Gasteiger partial charge in [0, 0.05) is 22.6 Å². The van der Waals surface area contributed by atoms with Gasteiger partial charge in [-0.1, -0.05) is 11.6 Å². The Morgan fingerprint density at radius 2 is 2.33 bits per heavy atom. The molecule has 1 saturated heterocycles. The summed E-state index contributed by atoms with van der Waals surface area (Å²) < 4.78 is 0.694. The minimum absolute atomic E-state index is 0.0431. The van der Waals surface area contributed by atoms with Gasteiger partial charge < -0.3 is 4.90 Å². The van der Waals surface area contributed by atoms with Crippen molar-refractivity contribution in [1.82, 2.24) is 4.90 Å². The van der Waals surface area contributed by atoms with Crippen molar-refractivity contribution < 1.29 is 4.79 Å². The molecule has 0 bridgehead atoms. The Labute approximate surface area is 119 Å². The van der Waals surface area contributed by atoms with Crippen molar-refractivity contribution in [2.45, 2.75) is 12.8 Å². The van der Waals surface area contributed by atoms with Gasteiger partial charge in [-0.15, -0.1) is 0 Å². The lowest BCUT2D eigenvalue weighted by Crippen LogP contribution is -2.39. The molecule has 1 heterocycles. The highest BCUT2D eigenvalue weighted by atomic mass is 79.9. The molecule has 0 aliphatic carbocycles. The standard InChI is InChI=1S/C13H12BrClN2O/c14-12-6-10(15)3-4-11(12)13(18)17-5-1-2-9(7-16)8-17/h3-4,6,9H,1-2,5,8H2. The summed E-state index contributed by atoms with van der Waals surface area (Å²) in [6.07, 6.45) is 1.76. The third-order valence-electron chi connectivity index (χ3n) is 3.05. The van der Waals surface area contributed by atoms with Crippen LogP contribution >= 0.6 is 27.5 Å². The van der Waals surface area contributed by atoms with E-state index in [9.17, 15) is 4.79 Å². The number of rotatable bonds is 1. The average molecular weight is 328 g/mol. The van der Waals surface area contributed by atoms with E-state index in [1.165, 1.54) is 0 Å². The van der Waals surface area contributed by atoms with E-state index in [1.54, 1.807) is 23.1 Å². The Morgan fingerprint density at radius 3 is 3.00 bits per heavy atom. The van der Waals surface area contributed by atoms with Crippen LogP contribution in [-0.4, -0.2) is 23.9 Å². The molecule has 2 rings (SSSR count). The van der Waals surface area contributed by atoms with E-state index in [2.05, 4.69) is 22.0 Å². The first-order valence-corrected chi connectivity index (χ1v) is 6.93. The van der Waals surface area contributed by atoms with Gasteiger partial charge in [0.05, 0.1) is 17.6 Å². The number of hydrogen-bond acceptors (Lipinski definition) is 2. The van der Waals surface area contributed by atoms with Gasteiger partial charge in [0.2, 0.25) is 0 Å². The van der Waals surface area contributed by atoms with Gasteiger partial charge in [-0.25, -0.2) is 0 Å². The lowest BCUT2D eigenvalue weighted by molar-refractivity contribution is 0.0698. The van der Waals surface area contributed by atoms with Crippen molar-refractivity contribution in [3.63, 3.8) is 0 Å². The van der Waals surface area contributed by atoms with Crippen LogP contribution < -0.4 is 0 Å². The number of carbonyl (C=O) groups excluding carboxylic acids is 1. The summed E-state index contributed by atoms with van der Waals surface area (Å²) in [6, 6.07) is 7.36. The zero-order chi connectivity index (χ0) is 13.1. The van der Waals surface area contributed by atoms with Crippen molar-refractivity contribution in [3.05, 3.63) is 33.3 Å². The molecule has 0 saturated carbocycles. The van der Waals surface area contributed by atoms with E-state index in [1.807, 2.05) is 0 Å². The Morgan fingerprint density at radius 1 is 1.56 bits per heavy atom. The number of halogens is 2. The summed E-state index contributed by atoms with van der Waals surface area (Å²) >= 11 is 9.20. The van der Waals surface area contributed by atoms with Crippen LogP contribution in [0.2, 0.25) is 5.02 Å². The van der Waals surface area contributed by atoms with E-state index in [0.717, 1.165) is 12.8 Å². The molecular weight excluding hydrogens is 316 g/mol. The van der Waals surface area contributed by atoms with Crippen LogP contribution in [0.15, 0.2) is 22.7 Å². The van der Waals surface area contributed by atoms with Crippen molar-refractivity contribution in [3.8, 4) is 6.07 Å². The highest BCUT2D eigenvalue weighted by Gasteiger charge is 2.25. The van der Waals surface area contributed by atoms with E-state index in [0.29, 0.717) is 28.1 Å². The number of carbonyl (C=O) groups is 1. The van der Waals surface area contributed by atoms with Gasteiger partial charge in [-0.05, 0) is 47.0 Å². The molecule has 3 nitrogen and oxygen atoms in total. The largest absolute Gasteiger partial charge is 0.337 e. The number of amides is 1. The predicted molar refractivity (Wildman–Crippen MR) is 73.4 cm³/mol. The zero-order valence-electron chi connectivity index (χ0n) is 9.70. The van der Waals surface area contributed by atoms with Crippen LogP contribution in [0.25, 0.3) is 0 Å². The summed E-state index contributed by atoms with van der Waals surface area (Å²) in [7, 11) is 0. The Bertz CT molecular complexity index is 512. The average Bonchev–Trinajstić information content (AvgIpc) is 2.38. The smallest absolute Gasteiger partial charge is 0.255 e. The molecule has 0 spiro atoms. The molecule has 0 aromatic heterocycles. The lowest BCUT2D eigenvalue weighted by atomic mass is 9.99. The van der Waals surface area contributed by atoms with Crippen molar-refractivity contribution in [1.29, 1.82) is 5.26 Å². The second-order valence-electron chi connectivity index (χ2n) is 4.34. The molecule has 1 aliphatic heterocycles. The van der Waals surface area contributed by atoms with E-state index in [-0.39, 0.29) is 11.8 Å². The lowest BCUT2D eigenvalue weighted by Gasteiger charge is -2.29. The summed E-state index contributed by atoms with van der Waals surface area (Å²) in [6.45, 7) is 1.23. The molecule has 1 fully saturated rings. The first-order chi connectivity index (χ1) is 8.61. The van der Waals surface area contributed by atoms with Crippen LogP contribution in [0.1, 0.15) is 23.2 Å². The normalized spacial score (nSPS) is 19.4. The van der Waals surface area contributed by atoms with Gasteiger partial charge in [0.25, 0.3) is 5.91 Å². The fourth-order valence-electron chi connectivity index (χ4n) is 2.10. The summed E-state index contributed by atoms with van der Waals surface area (Å²) in [5.41, 5.74) is 0.595. The third-order valence-corrected chi connectivity index (χ3v) is 3.94. The van der Waals surface area contributed by atoms with Crippen molar-refractivity contribution in [2.75, 3.05) is 13.1 Å². The highest BCUT2D eigenvalue weighted by molar-refractivity contribution is 9.10. The number of nitriles is 1. The van der Waals surface area contributed by atoms with Gasteiger partial charge in [0.1, 0.15) is 0 Å². The predicted octanol–water partition coefficient (Wildman–Crippen LogP) is 3.48. The van der Waals surface area contributed by atoms with Crippen LogP contribution in [0.4, 0.5) is 0 Å². The zero-order valence-corrected chi connectivity index (χ0v) is 12.0. The molecule has 1 aliphatic rings. The first kappa shape index (κ1) is 13.4. The molecular formula is C13H12BrClN2O. The monoisotopic (exact) mass is 326 g/mol. The first-order valence-electron chi connectivity index (χ1n) is 5.75. The molecule has 18 heavy (non-hydrogen) atoms. The SMILES string of the molecule is N#CC1CCCN(C(=O)c2ccc(Cl)cc2Br)C1. The molecule has 1 amide bonds. The third kappa shape index (κ3) is 2.85. The van der Waals surface area contributed by atoms with Crippen LogP contribution in [0.3, 0.4) is 0 Å². The molecule has 1 aromatic rings. The summed E-state index contributed by atoms with van der Waals surface area (Å²) in [4.78, 5) is 14.1. The molecule has 5 heteroatoms. The second kappa shape index (κ2) is 5.73. The summed E-state index contributed by atoms with van der Waals surface area (Å²) in [5, 5.41) is 9.53. The number of nitrogens with zero attached hydrogens (tertiary/aromatic N) is 2. The minimum Gasteiger partial charge on any atom is -0.337 e. The Hall–Kier alpha value is -1.05. The molecule has 94 valence electrons. The van der Waals surface area contributed by atoms with Crippen LogP contribution in [0, 0.1) is 17.2 Å². The van der Waals surface area contributed by atoms with Gasteiger partial charge in [0.15, 0.2) is 0 Å². The van der Waals surface area contributed by atoms with Crippen LogP contribution in [-0.2, 0) is 0 Å². The molecule has 1 unspecified atom stereocenters. The van der Waals surface area contributed by atoms with Gasteiger partial charge in [-0.2, -0.15) is 5.26 Å². The van der Waals surface area contributed by atoms with Crippen molar-refractivity contribution in [2.24, 2.45) is 5.92 Å².